The molecule has 96 valence electrons. The number of hydrogen-bond acceptors (Lipinski definition) is 2. The van der Waals surface area contributed by atoms with Crippen LogP contribution in [-0.4, -0.2) is 12.5 Å². The molecule has 0 fully saturated rings. The Bertz CT molecular complexity index is 654. The molecule has 1 aliphatic heterocycles. The molecule has 2 N–H and O–H groups in total. The number of nitrogens with two attached hydrogens (primary N) is 1. The summed E-state index contributed by atoms with van der Waals surface area (Å²) >= 11 is 5.97. The Morgan fingerprint density at radius 2 is 2.00 bits per heavy atom. The van der Waals surface area contributed by atoms with Crippen molar-refractivity contribution in [2.45, 2.75) is 6.42 Å². The number of nitrogen functional groups attached to an aromatic ring is 1. The first kappa shape index (κ1) is 12.1. The number of benzene rings is 2. The smallest absolute Gasteiger partial charge is 0.258 e. The van der Waals surface area contributed by atoms with Crippen molar-refractivity contribution in [3.05, 3.63) is 58.6 Å². The maximum atomic E-state index is 12.5. The highest BCUT2D eigenvalue weighted by Gasteiger charge is 2.25. The molecule has 0 radical (unpaired) electrons. The average molecular weight is 273 g/mol. The topological polar surface area (TPSA) is 46.3 Å². The third-order valence-electron chi connectivity index (χ3n) is 3.38. The van der Waals surface area contributed by atoms with Gasteiger partial charge in [0.25, 0.3) is 5.91 Å². The highest BCUT2D eigenvalue weighted by atomic mass is 35.5. The molecule has 0 bridgehead atoms. The number of amides is 1. The molecular weight excluding hydrogens is 260 g/mol. The summed E-state index contributed by atoms with van der Waals surface area (Å²) in [6, 6.07) is 13.0. The minimum atomic E-state index is -0.0353. The van der Waals surface area contributed by atoms with Gasteiger partial charge in [-0.25, -0.2) is 0 Å². The van der Waals surface area contributed by atoms with Gasteiger partial charge in [-0.2, -0.15) is 0 Å². The van der Waals surface area contributed by atoms with Crippen LogP contribution in [-0.2, 0) is 6.42 Å². The van der Waals surface area contributed by atoms with Crippen molar-refractivity contribution >= 4 is 28.9 Å². The Morgan fingerprint density at radius 3 is 2.79 bits per heavy atom. The number of para-hydroxylation sites is 1. The lowest BCUT2D eigenvalue weighted by molar-refractivity contribution is 0.0989. The van der Waals surface area contributed by atoms with Crippen LogP contribution in [0, 0.1) is 0 Å². The second-order valence-electron chi connectivity index (χ2n) is 4.57. The van der Waals surface area contributed by atoms with E-state index in [1.807, 2.05) is 18.2 Å². The zero-order valence-corrected chi connectivity index (χ0v) is 11.0. The molecule has 1 aliphatic rings. The lowest BCUT2D eigenvalue weighted by Crippen LogP contribution is -2.28. The molecule has 1 heterocycles. The Morgan fingerprint density at radius 1 is 1.21 bits per heavy atom. The number of hydrogen-bond donors (Lipinski definition) is 1. The largest absolute Gasteiger partial charge is 0.398 e. The first-order valence-corrected chi connectivity index (χ1v) is 6.49. The SMILES string of the molecule is Nc1ccc(C(=O)N2CCc3ccccc32)cc1Cl. The fourth-order valence-electron chi connectivity index (χ4n) is 2.37. The second-order valence-corrected chi connectivity index (χ2v) is 4.98. The summed E-state index contributed by atoms with van der Waals surface area (Å²) in [5.74, 6) is -0.0353. The zero-order chi connectivity index (χ0) is 13.4. The molecule has 3 rings (SSSR count). The van der Waals surface area contributed by atoms with Crippen LogP contribution in [0.5, 0.6) is 0 Å². The van der Waals surface area contributed by atoms with Crippen molar-refractivity contribution in [1.82, 2.24) is 0 Å². The van der Waals surface area contributed by atoms with E-state index < -0.39 is 0 Å². The number of rotatable bonds is 1. The van der Waals surface area contributed by atoms with E-state index in [1.165, 1.54) is 5.56 Å². The van der Waals surface area contributed by atoms with E-state index in [0.29, 0.717) is 22.8 Å². The number of fused-ring (bicyclic) bond motifs is 1. The van der Waals surface area contributed by atoms with Crippen molar-refractivity contribution < 1.29 is 4.79 Å². The van der Waals surface area contributed by atoms with Crippen molar-refractivity contribution in [2.24, 2.45) is 0 Å². The number of carbonyl (C=O) groups excluding carboxylic acids is 1. The number of anilines is 2. The second kappa shape index (κ2) is 4.59. The van der Waals surface area contributed by atoms with E-state index in [2.05, 4.69) is 6.07 Å². The minimum Gasteiger partial charge on any atom is -0.398 e. The molecule has 2 aromatic rings. The van der Waals surface area contributed by atoms with Crippen LogP contribution >= 0.6 is 11.6 Å². The van der Waals surface area contributed by atoms with Gasteiger partial charge in [-0.15, -0.1) is 0 Å². The van der Waals surface area contributed by atoms with Crippen LogP contribution in [0.25, 0.3) is 0 Å². The molecule has 2 aromatic carbocycles. The first-order valence-electron chi connectivity index (χ1n) is 6.11. The van der Waals surface area contributed by atoms with E-state index in [-0.39, 0.29) is 5.91 Å². The summed E-state index contributed by atoms with van der Waals surface area (Å²) in [5.41, 5.74) is 8.91. The van der Waals surface area contributed by atoms with Crippen LogP contribution in [0.15, 0.2) is 42.5 Å². The molecule has 19 heavy (non-hydrogen) atoms. The predicted octanol–water partition coefficient (Wildman–Crippen LogP) is 3.13. The van der Waals surface area contributed by atoms with Crippen molar-refractivity contribution in [2.75, 3.05) is 17.2 Å². The van der Waals surface area contributed by atoms with Gasteiger partial charge in [0.05, 0.1) is 10.7 Å². The summed E-state index contributed by atoms with van der Waals surface area (Å²) < 4.78 is 0. The normalized spacial score (nSPS) is 13.4. The average Bonchev–Trinajstić information content (AvgIpc) is 2.85. The van der Waals surface area contributed by atoms with Gasteiger partial charge < -0.3 is 10.6 Å². The molecular formula is C15H13ClN2O. The van der Waals surface area contributed by atoms with E-state index in [4.69, 9.17) is 17.3 Å². The molecule has 0 spiro atoms. The highest BCUT2D eigenvalue weighted by molar-refractivity contribution is 6.33. The molecule has 0 aliphatic carbocycles. The van der Waals surface area contributed by atoms with Gasteiger partial charge in [0.15, 0.2) is 0 Å². The highest BCUT2D eigenvalue weighted by Crippen LogP contribution is 2.29. The standard InChI is InChI=1S/C15H13ClN2O/c16-12-9-11(5-6-13(12)17)15(19)18-8-7-10-3-1-2-4-14(10)18/h1-6,9H,7-8,17H2. The molecule has 4 heteroatoms. The van der Waals surface area contributed by atoms with Gasteiger partial charge in [-0.3, -0.25) is 4.79 Å². The summed E-state index contributed by atoms with van der Waals surface area (Å²) in [4.78, 5) is 14.3. The van der Waals surface area contributed by atoms with E-state index >= 15 is 0 Å². The predicted molar refractivity (Wildman–Crippen MR) is 77.7 cm³/mol. The summed E-state index contributed by atoms with van der Waals surface area (Å²) in [5, 5.41) is 0.415. The van der Waals surface area contributed by atoms with Gasteiger partial charge in [-0.1, -0.05) is 29.8 Å². The summed E-state index contributed by atoms with van der Waals surface area (Å²) in [7, 11) is 0. The molecule has 0 saturated carbocycles. The molecule has 0 atom stereocenters. The Labute approximate surface area is 116 Å². The van der Waals surface area contributed by atoms with Crippen LogP contribution in [0.4, 0.5) is 11.4 Å². The zero-order valence-electron chi connectivity index (χ0n) is 10.3. The van der Waals surface area contributed by atoms with Crippen LogP contribution in [0.1, 0.15) is 15.9 Å². The fraction of sp³-hybridized carbons (Fsp3) is 0.133. The Balaban J connectivity index is 1.95. The summed E-state index contributed by atoms with van der Waals surface area (Å²) in [6.45, 7) is 0.709. The molecule has 3 nitrogen and oxygen atoms in total. The van der Waals surface area contributed by atoms with E-state index in [9.17, 15) is 4.79 Å². The molecule has 0 aromatic heterocycles. The maximum Gasteiger partial charge on any atom is 0.258 e. The van der Waals surface area contributed by atoms with Crippen molar-refractivity contribution in [1.29, 1.82) is 0 Å². The monoisotopic (exact) mass is 272 g/mol. The lowest BCUT2D eigenvalue weighted by atomic mass is 10.1. The third kappa shape index (κ3) is 2.06. The first-order chi connectivity index (χ1) is 9.16. The summed E-state index contributed by atoms with van der Waals surface area (Å²) in [6.07, 6.45) is 0.893. The number of nitrogens with zero attached hydrogens (tertiary/aromatic N) is 1. The van der Waals surface area contributed by atoms with E-state index in [0.717, 1.165) is 12.1 Å². The number of carbonyl (C=O) groups is 1. The van der Waals surface area contributed by atoms with Gasteiger partial charge in [0, 0.05) is 17.8 Å². The van der Waals surface area contributed by atoms with E-state index in [1.54, 1.807) is 23.1 Å². The quantitative estimate of drug-likeness (QED) is 0.811. The molecule has 1 amide bonds. The molecule has 0 unspecified atom stereocenters. The molecule has 0 saturated heterocycles. The Kier molecular flexibility index (Phi) is 2.91. The minimum absolute atomic E-state index is 0.0353. The maximum absolute atomic E-state index is 12.5. The van der Waals surface area contributed by atoms with Gasteiger partial charge in [-0.05, 0) is 36.2 Å². The van der Waals surface area contributed by atoms with Crippen molar-refractivity contribution in [3.8, 4) is 0 Å². The lowest BCUT2D eigenvalue weighted by Gasteiger charge is -2.17. The van der Waals surface area contributed by atoms with Crippen molar-refractivity contribution in [3.63, 3.8) is 0 Å². The van der Waals surface area contributed by atoms with Gasteiger partial charge >= 0.3 is 0 Å². The van der Waals surface area contributed by atoms with Gasteiger partial charge in [0.2, 0.25) is 0 Å². The fourth-order valence-corrected chi connectivity index (χ4v) is 2.55. The van der Waals surface area contributed by atoms with Crippen LogP contribution in [0.2, 0.25) is 5.02 Å². The van der Waals surface area contributed by atoms with Crippen LogP contribution in [0.3, 0.4) is 0 Å². The third-order valence-corrected chi connectivity index (χ3v) is 3.71. The Hall–Kier alpha value is -2.00. The van der Waals surface area contributed by atoms with Crippen LogP contribution < -0.4 is 10.6 Å². The van der Waals surface area contributed by atoms with Gasteiger partial charge in [0.1, 0.15) is 0 Å². The number of halogens is 1.